The van der Waals surface area contributed by atoms with Gasteiger partial charge in [0.05, 0.1) is 0 Å². The largest absolute Gasteiger partial charge is 0.431 e. The van der Waals surface area contributed by atoms with Crippen LogP contribution in [0.2, 0.25) is 0 Å². The summed E-state index contributed by atoms with van der Waals surface area (Å²) in [4.78, 5) is 16.3. The molecule has 0 fully saturated rings. The van der Waals surface area contributed by atoms with E-state index in [1.165, 1.54) is 16.9 Å². The van der Waals surface area contributed by atoms with Crippen molar-refractivity contribution in [2.45, 2.75) is 13.3 Å². The third kappa shape index (κ3) is 3.96. The summed E-state index contributed by atoms with van der Waals surface area (Å²) in [7, 11) is 0. The van der Waals surface area contributed by atoms with Crippen LogP contribution in [0.4, 0.5) is 5.69 Å². The third-order valence-electron chi connectivity index (χ3n) is 3.35. The van der Waals surface area contributed by atoms with Crippen LogP contribution in [0.15, 0.2) is 60.1 Å². The van der Waals surface area contributed by atoms with Crippen LogP contribution >= 0.6 is 11.3 Å². The number of thiazole rings is 1. The van der Waals surface area contributed by atoms with Gasteiger partial charge in [-0.15, -0.1) is 0 Å². The number of anilines is 1. The van der Waals surface area contributed by atoms with Gasteiger partial charge in [-0.1, -0.05) is 30.4 Å². The van der Waals surface area contributed by atoms with E-state index in [1.807, 2.05) is 29.6 Å². The van der Waals surface area contributed by atoms with Crippen LogP contribution in [0, 0.1) is 0 Å². The van der Waals surface area contributed by atoms with Crippen molar-refractivity contribution >= 4 is 22.9 Å². The van der Waals surface area contributed by atoms with Crippen LogP contribution in [0.5, 0.6) is 10.9 Å². The molecule has 0 saturated heterocycles. The summed E-state index contributed by atoms with van der Waals surface area (Å²) < 4.78 is 5.57. The molecule has 5 heteroatoms. The molecule has 0 bridgehead atoms. The molecule has 0 spiro atoms. The van der Waals surface area contributed by atoms with E-state index >= 15 is 0 Å². The van der Waals surface area contributed by atoms with Gasteiger partial charge in [-0.05, 0) is 48.4 Å². The van der Waals surface area contributed by atoms with Gasteiger partial charge >= 0.3 is 0 Å². The van der Waals surface area contributed by atoms with Crippen molar-refractivity contribution in [3.8, 4) is 10.9 Å². The zero-order valence-corrected chi connectivity index (χ0v) is 13.5. The summed E-state index contributed by atoms with van der Waals surface area (Å²) in [5.41, 5.74) is 2.61. The summed E-state index contributed by atoms with van der Waals surface area (Å²) in [5, 5.41) is 5.31. The molecule has 3 aromatic rings. The number of hydrogen-bond acceptors (Lipinski definition) is 4. The van der Waals surface area contributed by atoms with Gasteiger partial charge in [0.25, 0.3) is 11.1 Å². The number of hydrogen-bond donors (Lipinski definition) is 1. The lowest BCUT2D eigenvalue weighted by molar-refractivity contribution is 0.102. The SMILES string of the molecule is CCc1ccc(NC(=O)c2ccc(Oc3nccs3)cc2)cc1. The molecule has 0 radical (unpaired) electrons. The molecule has 0 saturated carbocycles. The van der Waals surface area contributed by atoms with E-state index in [2.05, 4.69) is 17.2 Å². The Morgan fingerprint density at radius 2 is 1.87 bits per heavy atom. The minimum absolute atomic E-state index is 0.143. The van der Waals surface area contributed by atoms with E-state index < -0.39 is 0 Å². The van der Waals surface area contributed by atoms with Gasteiger partial charge in [-0.2, -0.15) is 0 Å². The standard InChI is InChI=1S/C18H16N2O2S/c1-2-13-3-7-15(8-4-13)20-17(21)14-5-9-16(10-6-14)22-18-19-11-12-23-18/h3-12H,2H2,1H3,(H,20,21). The molecule has 0 aliphatic carbocycles. The number of benzene rings is 2. The Balaban J connectivity index is 1.64. The summed E-state index contributed by atoms with van der Waals surface area (Å²) in [6.07, 6.45) is 2.67. The molecule has 0 aliphatic heterocycles. The first kappa shape index (κ1) is 15.2. The molecule has 116 valence electrons. The minimum Gasteiger partial charge on any atom is -0.431 e. The van der Waals surface area contributed by atoms with Crippen molar-refractivity contribution in [3.05, 3.63) is 71.2 Å². The number of rotatable bonds is 5. The van der Waals surface area contributed by atoms with Crippen molar-refractivity contribution in [2.24, 2.45) is 0 Å². The van der Waals surface area contributed by atoms with Crippen LogP contribution in [-0.4, -0.2) is 10.9 Å². The molecule has 0 unspecified atom stereocenters. The van der Waals surface area contributed by atoms with Gasteiger partial charge in [0.15, 0.2) is 0 Å². The van der Waals surface area contributed by atoms with Gasteiger partial charge < -0.3 is 10.1 Å². The summed E-state index contributed by atoms with van der Waals surface area (Å²) >= 11 is 1.42. The number of carbonyl (C=O) groups excluding carboxylic acids is 1. The highest BCUT2D eigenvalue weighted by Crippen LogP contribution is 2.23. The zero-order chi connectivity index (χ0) is 16.1. The highest BCUT2D eigenvalue weighted by molar-refractivity contribution is 7.11. The van der Waals surface area contributed by atoms with Crippen LogP contribution in [0.1, 0.15) is 22.8 Å². The predicted octanol–water partition coefficient (Wildman–Crippen LogP) is 4.75. The first-order chi connectivity index (χ1) is 11.2. The zero-order valence-electron chi connectivity index (χ0n) is 12.7. The Kier molecular flexibility index (Phi) is 4.68. The van der Waals surface area contributed by atoms with Gasteiger partial charge in [0, 0.05) is 22.8 Å². The number of amides is 1. The fourth-order valence-electron chi connectivity index (χ4n) is 2.06. The van der Waals surface area contributed by atoms with E-state index in [-0.39, 0.29) is 5.91 Å². The van der Waals surface area contributed by atoms with Gasteiger partial charge in [-0.3, -0.25) is 4.79 Å². The lowest BCUT2D eigenvalue weighted by Gasteiger charge is -2.07. The topological polar surface area (TPSA) is 51.2 Å². The highest BCUT2D eigenvalue weighted by atomic mass is 32.1. The van der Waals surface area contributed by atoms with Crippen LogP contribution in [0.25, 0.3) is 0 Å². The molecular formula is C18H16N2O2S. The first-order valence-electron chi connectivity index (χ1n) is 7.32. The van der Waals surface area contributed by atoms with Crippen LogP contribution in [0.3, 0.4) is 0 Å². The average Bonchev–Trinajstić information content (AvgIpc) is 3.09. The van der Waals surface area contributed by atoms with Gasteiger partial charge in [-0.25, -0.2) is 4.98 Å². The summed E-state index contributed by atoms with van der Waals surface area (Å²) in [6.45, 7) is 2.10. The Morgan fingerprint density at radius 1 is 1.13 bits per heavy atom. The maximum Gasteiger partial charge on any atom is 0.278 e. The van der Waals surface area contributed by atoms with Crippen molar-refractivity contribution < 1.29 is 9.53 Å². The smallest absolute Gasteiger partial charge is 0.278 e. The molecule has 0 aliphatic rings. The number of carbonyl (C=O) groups is 1. The molecule has 1 N–H and O–H groups in total. The molecule has 3 rings (SSSR count). The van der Waals surface area contributed by atoms with E-state index in [9.17, 15) is 4.79 Å². The Labute approximate surface area is 138 Å². The van der Waals surface area contributed by atoms with Crippen molar-refractivity contribution in [1.82, 2.24) is 4.98 Å². The number of nitrogens with one attached hydrogen (secondary N) is 1. The quantitative estimate of drug-likeness (QED) is 0.737. The monoisotopic (exact) mass is 324 g/mol. The molecule has 0 atom stereocenters. The first-order valence-corrected chi connectivity index (χ1v) is 8.20. The number of aryl methyl sites for hydroxylation is 1. The van der Waals surface area contributed by atoms with E-state index in [1.54, 1.807) is 30.5 Å². The Morgan fingerprint density at radius 3 is 2.48 bits per heavy atom. The highest BCUT2D eigenvalue weighted by Gasteiger charge is 2.07. The number of aromatic nitrogens is 1. The van der Waals surface area contributed by atoms with Gasteiger partial charge in [0.1, 0.15) is 5.75 Å². The fraction of sp³-hybridized carbons (Fsp3) is 0.111. The molecule has 1 heterocycles. The second-order valence-electron chi connectivity index (χ2n) is 4.93. The fourth-order valence-corrected chi connectivity index (χ4v) is 2.57. The second kappa shape index (κ2) is 7.07. The number of ether oxygens (including phenoxy) is 1. The maximum atomic E-state index is 12.2. The average molecular weight is 324 g/mol. The van der Waals surface area contributed by atoms with Crippen molar-refractivity contribution in [3.63, 3.8) is 0 Å². The van der Waals surface area contributed by atoms with Crippen molar-refractivity contribution in [2.75, 3.05) is 5.32 Å². The van der Waals surface area contributed by atoms with E-state index in [0.717, 1.165) is 12.1 Å². The molecule has 1 amide bonds. The number of nitrogens with zero attached hydrogens (tertiary/aromatic N) is 1. The Hall–Kier alpha value is -2.66. The lowest BCUT2D eigenvalue weighted by Crippen LogP contribution is -2.11. The molecule has 2 aromatic carbocycles. The molecular weight excluding hydrogens is 308 g/mol. The Bertz CT molecular complexity index is 766. The molecule has 4 nitrogen and oxygen atoms in total. The van der Waals surface area contributed by atoms with Gasteiger partial charge in [0.2, 0.25) is 0 Å². The molecule has 1 aromatic heterocycles. The summed E-state index contributed by atoms with van der Waals surface area (Å²) in [5.74, 6) is 0.513. The minimum atomic E-state index is -0.143. The van der Waals surface area contributed by atoms with E-state index in [4.69, 9.17) is 4.74 Å². The molecule has 23 heavy (non-hydrogen) atoms. The normalized spacial score (nSPS) is 10.3. The third-order valence-corrected chi connectivity index (χ3v) is 4.00. The predicted molar refractivity (Wildman–Crippen MR) is 92.4 cm³/mol. The second-order valence-corrected chi connectivity index (χ2v) is 5.79. The van der Waals surface area contributed by atoms with E-state index in [0.29, 0.717) is 16.5 Å². The summed E-state index contributed by atoms with van der Waals surface area (Å²) in [6, 6.07) is 14.8. The van der Waals surface area contributed by atoms with Crippen LogP contribution in [-0.2, 0) is 6.42 Å². The van der Waals surface area contributed by atoms with Crippen molar-refractivity contribution in [1.29, 1.82) is 0 Å². The maximum absolute atomic E-state index is 12.2. The lowest BCUT2D eigenvalue weighted by atomic mass is 10.1. The van der Waals surface area contributed by atoms with Crippen LogP contribution < -0.4 is 10.1 Å².